The van der Waals surface area contributed by atoms with Gasteiger partial charge in [0.25, 0.3) is 0 Å². The van der Waals surface area contributed by atoms with E-state index in [1.54, 1.807) is 10.9 Å². The number of urea groups is 1. The van der Waals surface area contributed by atoms with Gasteiger partial charge in [-0.3, -0.25) is 0 Å². The minimum Gasteiger partial charge on any atom is -0.388 e. The van der Waals surface area contributed by atoms with Crippen molar-refractivity contribution >= 4 is 11.7 Å². The van der Waals surface area contributed by atoms with E-state index in [1.165, 1.54) is 0 Å². The molecule has 3 rings (SSSR count). The van der Waals surface area contributed by atoms with Crippen LogP contribution in [0, 0.1) is 0 Å². The zero-order valence-corrected chi connectivity index (χ0v) is 12.3. The summed E-state index contributed by atoms with van der Waals surface area (Å²) in [6.07, 6.45) is 7.03. The summed E-state index contributed by atoms with van der Waals surface area (Å²) in [7, 11) is 0. The van der Waals surface area contributed by atoms with Crippen LogP contribution < -0.4 is 10.6 Å². The van der Waals surface area contributed by atoms with Gasteiger partial charge in [-0.1, -0.05) is 25.0 Å². The summed E-state index contributed by atoms with van der Waals surface area (Å²) in [5.74, 6) is 0. The van der Waals surface area contributed by atoms with E-state index >= 15 is 0 Å². The maximum atomic E-state index is 12.1. The van der Waals surface area contributed by atoms with E-state index in [0.717, 1.165) is 31.4 Å². The number of hydrogen-bond donors (Lipinski definition) is 3. The highest BCUT2D eigenvalue weighted by atomic mass is 16.3. The van der Waals surface area contributed by atoms with Crippen molar-refractivity contribution in [1.29, 1.82) is 0 Å². The smallest absolute Gasteiger partial charge is 0.319 e. The molecule has 2 aromatic rings. The lowest BCUT2D eigenvalue weighted by molar-refractivity contribution is 0.0506. The van der Waals surface area contributed by atoms with Crippen LogP contribution in [-0.2, 0) is 0 Å². The molecule has 0 aliphatic heterocycles. The molecular weight excluding hydrogens is 280 g/mol. The van der Waals surface area contributed by atoms with Crippen LogP contribution in [0.15, 0.2) is 42.7 Å². The van der Waals surface area contributed by atoms with Gasteiger partial charge in [-0.15, -0.1) is 0 Å². The lowest BCUT2D eigenvalue weighted by Gasteiger charge is -2.22. The van der Waals surface area contributed by atoms with E-state index in [0.29, 0.717) is 5.69 Å². The summed E-state index contributed by atoms with van der Waals surface area (Å²) < 4.78 is 1.69. The molecule has 1 aliphatic carbocycles. The maximum Gasteiger partial charge on any atom is 0.319 e. The van der Waals surface area contributed by atoms with Gasteiger partial charge in [-0.05, 0) is 31.0 Å². The summed E-state index contributed by atoms with van der Waals surface area (Å²) in [6, 6.07) is 8.95. The van der Waals surface area contributed by atoms with E-state index in [9.17, 15) is 9.90 Å². The highest BCUT2D eigenvalue weighted by Crippen LogP contribution is 2.28. The van der Waals surface area contributed by atoms with E-state index in [4.69, 9.17) is 0 Å². The molecule has 0 saturated heterocycles. The normalized spacial score (nSPS) is 16.4. The zero-order valence-electron chi connectivity index (χ0n) is 12.3. The second-order valence-corrected chi connectivity index (χ2v) is 5.71. The molecule has 0 unspecified atom stereocenters. The molecule has 1 aromatic carbocycles. The number of aliphatic hydroxyl groups is 1. The van der Waals surface area contributed by atoms with Crippen molar-refractivity contribution in [3.8, 4) is 5.69 Å². The molecule has 116 valence electrons. The number of carbonyl (C=O) groups excluding carboxylic acids is 1. The number of benzene rings is 1. The fourth-order valence-corrected chi connectivity index (χ4v) is 2.81. The van der Waals surface area contributed by atoms with Gasteiger partial charge >= 0.3 is 6.03 Å². The molecular formula is C16H20N4O2. The third kappa shape index (κ3) is 3.28. The van der Waals surface area contributed by atoms with Crippen molar-refractivity contribution in [2.45, 2.75) is 31.3 Å². The third-order valence-corrected chi connectivity index (χ3v) is 4.02. The lowest BCUT2D eigenvalue weighted by Crippen LogP contribution is -2.42. The topological polar surface area (TPSA) is 79.2 Å². The van der Waals surface area contributed by atoms with E-state index < -0.39 is 5.60 Å². The number of amides is 2. The molecule has 0 spiro atoms. The average molecular weight is 300 g/mol. The number of aromatic nitrogens is 2. The van der Waals surface area contributed by atoms with Crippen molar-refractivity contribution in [1.82, 2.24) is 15.1 Å². The number of rotatable bonds is 4. The minimum atomic E-state index is -0.751. The van der Waals surface area contributed by atoms with Gasteiger partial charge in [0.05, 0.1) is 17.0 Å². The van der Waals surface area contributed by atoms with E-state index in [1.807, 2.05) is 36.5 Å². The van der Waals surface area contributed by atoms with Gasteiger partial charge in [-0.25, -0.2) is 9.48 Å². The molecule has 2 amide bonds. The van der Waals surface area contributed by atoms with Crippen LogP contribution in [0.25, 0.3) is 5.69 Å². The summed E-state index contributed by atoms with van der Waals surface area (Å²) in [6.45, 7) is 0.281. The minimum absolute atomic E-state index is 0.281. The molecule has 0 atom stereocenters. The summed E-state index contributed by atoms with van der Waals surface area (Å²) >= 11 is 0. The highest BCUT2D eigenvalue weighted by Gasteiger charge is 2.31. The molecule has 3 N–H and O–H groups in total. The Kier molecular flexibility index (Phi) is 4.11. The molecule has 1 saturated carbocycles. The molecule has 22 heavy (non-hydrogen) atoms. The average Bonchev–Trinajstić information content (AvgIpc) is 3.18. The van der Waals surface area contributed by atoms with Crippen molar-refractivity contribution < 1.29 is 9.90 Å². The van der Waals surface area contributed by atoms with E-state index in [2.05, 4.69) is 15.7 Å². The van der Waals surface area contributed by atoms with Crippen molar-refractivity contribution in [3.63, 3.8) is 0 Å². The molecule has 0 radical (unpaired) electrons. The molecule has 1 aliphatic rings. The standard InChI is InChI=1S/C16H20N4O2/c21-15(17-12-16(22)8-3-4-9-16)19-13-6-1-2-7-14(13)20-11-5-10-18-20/h1-2,5-7,10-11,22H,3-4,8-9,12H2,(H2,17,19,21). The Morgan fingerprint density at radius 2 is 2.05 bits per heavy atom. The Morgan fingerprint density at radius 1 is 1.27 bits per heavy atom. The summed E-state index contributed by atoms with van der Waals surface area (Å²) in [5, 5.41) is 20.0. The van der Waals surface area contributed by atoms with Crippen molar-refractivity contribution in [3.05, 3.63) is 42.7 Å². The fraction of sp³-hybridized carbons (Fsp3) is 0.375. The van der Waals surface area contributed by atoms with Crippen LogP contribution in [0.4, 0.5) is 10.5 Å². The number of hydrogen-bond acceptors (Lipinski definition) is 3. The largest absolute Gasteiger partial charge is 0.388 e. The van der Waals surface area contributed by atoms with Gasteiger partial charge < -0.3 is 15.7 Å². The Labute approximate surface area is 129 Å². The number of carbonyl (C=O) groups is 1. The van der Waals surface area contributed by atoms with Crippen LogP contribution in [0.5, 0.6) is 0 Å². The van der Waals surface area contributed by atoms with E-state index in [-0.39, 0.29) is 12.6 Å². The number of nitrogens with zero attached hydrogens (tertiary/aromatic N) is 2. The number of anilines is 1. The van der Waals surface area contributed by atoms with Crippen molar-refractivity contribution in [2.24, 2.45) is 0 Å². The summed E-state index contributed by atoms with van der Waals surface area (Å²) in [4.78, 5) is 12.1. The maximum absolute atomic E-state index is 12.1. The van der Waals surface area contributed by atoms with Gasteiger partial charge in [0, 0.05) is 18.9 Å². The van der Waals surface area contributed by atoms with Crippen LogP contribution in [0.1, 0.15) is 25.7 Å². The number of para-hydroxylation sites is 2. The molecule has 1 heterocycles. The molecule has 0 bridgehead atoms. The monoisotopic (exact) mass is 300 g/mol. The first kappa shape index (κ1) is 14.6. The van der Waals surface area contributed by atoms with Gasteiger partial charge in [0.2, 0.25) is 0 Å². The summed E-state index contributed by atoms with van der Waals surface area (Å²) in [5.41, 5.74) is 0.711. The lowest BCUT2D eigenvalue weighted by atomic mass is 10.0. The fourth-order valence-electron chi connectivity index (χ4n) is 2.81. The Balaban J connectivity index is 1.64. The Hall–Kier alpha value is -2.34. The van der Waals surface area contributed by atoms with Gasteiger partial charge in [-0.2, -0.15) is 5.10 Å². The molecule has 1 fully saturated rings. The van der Waals surface area contributed by atoms with Crippen LogP contribution in [0.2, 0.25) is 0 Å². The molecule has 1 aromatic heterocycles. The molecule has 6 heteroatoms. The van der Waals surface area contributed by atoms with Gasteiger partial charge in [0.15, 0.2) is 0 Å². The second-order valence-electron chi connectivity index (χ2n) is 5.71. The third-order valence-electron chi connectivity index (χ3n) is 4.02. The van der Waals surface area contributed by atoms with Crippen LogP contribution in [0.3, 0.4) is 0 Å². The molecule has 6 nitrogen and oxygen atoms in total. The van der Waals surface area contributed by atoms with Crippen LogP contribution in [-0.4, -0.2) is 33.1 Å². The zero-order chi connectivity index (χ0) is 15.4. The van der Waals surface area contributed by atoms with Gasteiger partial charge in [0.1, 0.15) is 0 Å². The first-order chi connectivity index (χ1) is 10.7. The van der Waals surface area contributed by atoms with Crippen LogP contribution >= 0.6 is 0 Å². The second kappa shape index (κ2) is 6.19. The Bertz CT molecular complexity index is 633. The predicted molar refractivity (Wildman–Crippen MR) is 84.0 cm³/mol. The van der Waals surface area contributed by atoms with Crippen molar-refractivity contribution in [2.75, 3.05) is 11.9 Å². The first-order valence-electron chi connectivity index (χ1n) is 7.53. The predicted octanol–water partition coefficient (Wildman–Crippen LogP) is 2.30. The SMILES string of the molecule is O=C(NCC1(O)CCCC1)Nc1ccccc1-n1cccn1. The Morgan fingerprint density at radius 3 is 2.77 bits per heavy atom. The number of nitrogens with one attached hydrogen (secondary N) is 2. The quantitative estimate of drug-likeness (QED) is 0.810. The highest BCUT2D eigenvalue weighted by molar-refractivity contribution is 5.91. The first-order valence-corrected chi connectivity index (χ1v) is 7.53.